The van der Waals surface area contributed by atoms with E-state index < -0.39 is 29.4 Å². The number of anilines is 1. The Hall–Kier alpha value is -3.95. The molecule has 35 heavy (non-hydrogen) atoms. The molecule has 10 nitrogen and oxygen atoms in total. The number of piperazine rings is 1. The van der Waals surface area contributed by atoms with E-state index in [2.05, 4.69) is 15.6 Å². The van der Waals surface area contributed by atoms with E-state index in [-0.39, 0.29) is 18.4 Å². The molecule has 10 heteroatoms. The molecule has 2 fully saturated rings. The van der Waals surface area contributed by atoms with Gasteiger partial charge in [0.15, 0.2) is 0 Å². The van der Waals surface area contributed by atoms with Crippen molar-refractivity contribution in [3.8, 4) is 0 Å². The molecule has 2 unspecified atom stereocenters. The van der Waals surface area contributed by atoms with Gasteiger partial charge in [0.2, 0.25) is 5.91 Å². The number of amides is 5. The Morgan fingerprint density at radius 3 is 2.37 bits per heavy atom. The van der Waals surface area contributed by atoms with Crippen molar-refractivity contribution in [3.05, 3.63) is 58.8 Å². The monoisotopic (exact) mass is 478 g/mol. The molecule has 0 radical (unpaired) electrons. The summed E-state index contributed by atoms with van der Waals surface area (Å²) in [6.07, 6.45) is 1.78. The van der Waals surface area contributed by atoms with Crippen LogP contribution in [0.2, 0.25) is 0 Å². The molecule has 0 saturated carbocycles. The van der Waals surface area contributed by atoms with E-state index in [4.69, 9.17) is 5.73 Å². The maximum absolute atomic E-state index is 13.4. The lowest BCUT2D eigenvalue weighted by atomic mass is 9.79. The predicted octanol–water partition coefficient (Wildman–Crippen LogP) is 1.21. The van der Waals surface area contributed by atoms with Gasteiger partial charge in [0.1, 0.15) is 17.4 Å². The van der Waals surface area contributed by atoms with Crippen LogP contribution in [-0.4, -0.2) is 59.3 Å². The maximum atomic E-state index is 13.4. The van der Waals surface area contributed by atoms with Crippen LogP contribution in [0.3, 0.4) is 0 Å². The number of urea groups is 1. The molecule has 184 valence electrons. The summed E-state index contributed by atoms with van der Waals surface area (Å²) in [6.45, 7) is 8.67. The Bertz CT molecular complexity index is 1190. The standard InChI is InChI=1S/C25H30N6O4/c1-14(2)25(23(34)28-24(35)29-25)18-7-5-17(6-8-18)22(33)31-10-9-30(13-19(31)20(26)32)21-16(4)11-15(3)12-27-21/h5-8,11-12,14,19H,9-10,13H2,1-4H3,(H2,26,32)(H2,28,29,34,35). The summed E-state index contributed by atoms with van der Waals surface area (Å²) in [4.78, 5) is 58.1. The van der Waals surface area contributed by atoms with Gasteiger partial charge in [0.25, 0.3) is 11.8 Å². The second kappa shape index (κ2) is 9.01. The zero-order valence-corrected chi connectivity index (χ0v) is 20.3. The summed E-state index contributed by atoms with van der Waals surface area (Å²) in [7, 11) is 0. The maximum Gasteiger partial charge on any atom is 0.322 e. The van der Waals surface area contributed by atoms with Crippen molar-refractivity contribution in [2.75, 3.05) is 24.5 Å². The summed E-state index contributed by atoms with van der Waals surface area (Å²) in [5, 5.41) is 5.02. The van der Waals surface area contributed by atoms with Gasteiger partial charge in [-0.05, 0) is 48.6 Å². The molecule has 1 aromatic heterocycles. The molecule has 2 atom stereocenters. The number of imide groups is 1. The molecule has 0 aliphatic carbocycles. The molecule has 3 heterocycles. The van der Waals surface area contributed by atoms with Gasteiger partial charge in [-0.25, -0.2) is 9.78 Å². The number of aromatic nitrogens is 1. The number of carbonyl (C=O) groups is 4. The first-order valence-electron chi connectivity index (χ1n) is 11.6. The highest BCUT2D eigenvalue weighted by Crippen LogP contribution is 2.33. The van der Waals surface area contributed by atoms with Crippen molar-refractivity contribution in [2.24, 2.45) is 11.7 Å². The zero-order chi connectivity index (χ0) is 25.5. The van der Waals surface area contributed by atoms with E-state index in [1.54, 1.807) is 30.5 Å². The van der Waals surface area contributed by atoms with Crippen molar-refractivity contribution < 1.29 is 19.2 Å². The van der Waals surface area contributed by atoms with Gasteiger partial charge < -0.3 is 20.9 Å². The molecule has 2 aliphatic heterocycles. The van der Waals surface area contributed by atoms with E-state index >= 15 is 0 Å². The van der Waals surface area contributed by atoms with E-state index in [1.807, 2.05) is 38.7 Å². The number of pyridine rings is 1. The molecule has 2 aliphatic rings. The van der Waals surface area contributed by atoms with Crippen LogP contribution in [0, 0.1) is 19.8 Å². The van der Waals surface area contributed by atoms with Gasteiger partial charge in [-0.3, -0.25) is 19.7 Å². The summed E-state index contributed by atoms with van der Waals surface area (Å²) in [5.41, 5.74) is 7.46. The van der Waals surface area contributed by atoms with Gasteiger partial charge in [-0.2, -0.15) is 0 Å². The number of nitrogens with two attached hydrogens (primary N) is 1. The highest BCUT2D eigenvalue weighted by molar-refractivity contribution is 6.07. The van der Waals surface area contributed by atoms with Crippen LogP contribution >= 0.6 is 0 Å². The predicted molar refractivity (Wildman–Crippen MR) is 130 cm³/mol. The number of nitrogens with zero attached hydrogens (tertiary/aromatic N) is 3. The summed E-state index contributed by atoms with van der Waals surface area (Å²) in [6, 6.07) is 7.19. The molecule has 5 amide bonds. The second-order valence-electron chi connectivity index (χ2n) is 9.46. The van der Waals surface area contributed by atoms with E-state index in [1.165, 1.54) is 4.90 Å². The lowest BCUT2D eigenvalue weighted by molar-refractivity contribution is -0.126. The van der Waals surface area contributed by atoms with Crippen LogP contribution < -0.4 is 21.3 Å². The summed E-state index contributed by atoms with van der Waals surface area (Å²) < 4.78 is 0. The minimum atomic E-state index is -1.21. The number of hydrogen-bond acceptors (Lipinski definition) is 6. The first-order valence-corrected chi connectivity index (χ1v) is 11.6. The average molecular weight is 479 g/mol. The number of aryl methyl sites for hydroxylation is 2. The Labute approximate surface area is 203 Å². The SMILES string of the molecule is Cc1cnc(N2CCN(C(=O)c3ccc(C4(C(C)C)NC(=O)NC4=O)cc3)C(C(N)=O)C2)c(C)c1. The number of benzene rings is 1. The van der Waals surface area contributed by atoms with E-state index in [0.717, 1.165) is 16.9 Å². The topological polar surface area (TPSA) is 138 Å². The number of nitrogens with one attached hydrogen (secondary N) is 2. The summed E-state index contributed by atoms with van der Waals surface area (Å²) in [5.74, 6) is -0.794. The number of hydrogen-bond donors (Lipinski definition) is 3. The summed E-state index contributed by atoms with van der Waals surface area (Å²) >= 11 is 0. The molecule has 2 saturated heterocycles. The molecule has 4 N–H and O–H groups in total. The smallest absolute Gasteiger partial charge is 0.322 e. The van der Waals surface area contributed by atoms with Crippen LogP contribution in [0.25, 0.3) is 0 Å². The van der Waals surface area contributed by atoms with Crippen LogP contribution in [-0.2, 0) is 15.1 Å². The fraction of sp³-hybridized carbons (Fsp3) is 0.400. The van der Waals surface area contributed by atoms with Gasteiger partial charge in [-0.15, -0.1) is 0 Å². The first kappa shape index (κ1) is 24.2. The lowest BCUT2D eigenvalue weighted by Crippen LogP contribution is -2.60. The van der Waals surface area contributed by atoms with Crippen LogP contribution in [0.5, 0.6) is 0 Å². The third-order valence-corrected chi connectivity index (χ3v) is 6.81. The fourth-order valence-corrected chi connectivity index (χ4v) is 4.95. The third kappa shape index (κ3) is 4.20. The van der Waals surface area contributed by atoms with Gasteiger partial charge in [-0.1, -0.05) is 32.0 Å². The molecule has 2 aromatic rings. The second-order valence-corrected chi connectivity index (χ2v) is 9.46. The van der Waals surface area contributed by atoms with Crippen molar-refractivity contribution in [1.29, 1.82) is 0 Å². The number of primary amides is 1. The van der Waals surface area contributed by atoms with Gasteiger partial charge in [0.05, 0.1) is 0 Å². The van der Waals surface area contributed by atoms with Crippen LogP contribution in [0.15, 0.2) is 36.5 Å². The largest absolute Gasteiger partial charge is 0.368 e. The Morgan fingerprint density at radius 1 is 1.14 bits per heavy atom. The molecule has 0 spiro atoms. The molecular formula is C25H30N6O4. The minimum absolute atomic E-state index is 0.221. The number of carbonyl (C=O) groups excluding carboxylic acids is 4. The normalized spacial score (nSPS) is 22.3. The van der Waals surface area contributed by atoms with Crippen molar-refractivity contribution in [2.45, 2.75) is 39.3 Å². The Balaban J connectivity index is 1.56. The van der Waals surface area contributed by atoms with Crippen molar-refractivity contribution in [1.82, 2.24) is 20.5 Å². The number of rotatable bonds is 5. The average Bonchev–Trinajstić information content (AvgIpc) is 3.13. The van der Waals surface area contributed by atoms with Crippen molar-refractivity contribution >= 4 is 29.6 Å². The molecular weight excluding hydrogens is 448 g/mol. The van der Waals surface area contributed by atoms with Gasteiger partial charge in [0, 0.05) is 31.4 Å². The van der Waals surface area contributed by atoms with Crippen LogP contribution in [0.4, 0.5) is 10.6 Å². The highest BCUT2D eigenvalue weighted by Gasteiger charge is 2.50. The molecule has 1 aromatic carbocycles. The van der Waals surface area contributed by atoms with Gasteiger partial charge >= 0.3 is 6.03 Å². The Kier molecular flexibility index (Phi) is 6.23. The van der Waals surface area contributed by atoms with Crippen molar-refractivity contribution in [3.63, 3.8) is 0 Å². The van der Waals surface area contributed by atoms with E-state index in [0.29, 0.717) is 24.2 Å². The Morgan fingerprint density at radius 2 is 1.83 bits per heavy atom. The fourth-order valence-electron chi connectivity index (χ4n) is 4.95. The van der Waals surface area contributed by atoms with E-state index in [9.17, 15) is 19.2 Å². The third-order valence-electron chi connectivity index (χ3n) is 6.81. The quantitative estimate of drug-likeness (QED) is 0.552. The first-order chi connectivity index (χ1) is 16.5. The molecule has 4 rings (SSSR count). The lowest BCUT2D eigenvalue weighted by Gasteiger charge is -2.41. The highest BCUT2D eigenvalue weighted by atomic mass is 16.2. The zero-order valence-electron chi connectivity index (χ0n) is 20.3. The molecule has 0 bridgehead atoms. The van der Waals surface area contributed by atoms with Crippen LogP contribution in [0.1, 0.15) is 40.9 Å². The minimum Gasteiger partial charge on any atom is -0.368 e.